The number of para-hydroxylation sites is 2. The number of hydrogen-bond donors (Lipinski definition) is 1. The molecule has 1 saturated carbocycles. The lowest BCUT2D eigenvalue weighted by Crippen LogP contribution is -2.53. The molecule has 3 rings (SSSR count). The van der Waals surface area contributed by atoms with Crippen molar-refractivity contribution in [3.63, 3.8) is 0 Å². The van der Waals surface area contributed by atoms with Crippen LogP contribution in [0.1, 0.15) is 51.9 Å². The van der Waals surface area contributed by atoms with Gasteiger partial charge in [-0.1, -0.05) is 31.9 Å². The molecule has 1 aliphatic carbocycles. The molecule has 1 aromatic rings. The Morgan fingerprint density at radius 1 is 1.14 bits per heavy atom. The third-order valence-electron chi connectivity index (χ3n) is 6.21. The zero-order valence-electron chi connectivity index (χ0n) is 17.9. The predicted octanol–water partition coefficient (Wildman–Crippen LogP) is 3.53. The quantitative estimate of drug-likeness (QED) is 0.724. The number of hydrogen-bond acceptors (Lipinski definition) is 4. The summed E-state index contributed by atoms with van der Waals surface area (Å²) < 4.78 is 5.30. The molecule has 2 unspecified atom stereocenters. The third kappa shape index (κ3) is 5.72. The zero-order valence-corrected chi connectivity index (χ0v) is 17.9. The van der Waals surface area contributed by atoms with Gasteiger partial charge in [0.2, 0.25) is 11.8 Å². The highest BCUT2D eigenvalue weighted by Gasteiger charge is 2.36. The van der Waals surface area contributed by atoms with Crippen LogP contribution in [0.25, 0.3) is 0 Å². The maximum Gasteiger partial charge on any atom is 0.238 e. The molecule has 6 heteroatoms. The average molecular weight is 402 g/mol. The minimum Gasteiger partial charge on any atom is -0.495 e. The van der Waals surface area contributed by atoms with E-state index in [-0.39, 0.29) is 18.4 Å². The number of anilines is 1. The Morgan fingerprint density at radius 3 is 2.69 bits per heavy atom. The van der Waals surface area contributed by atoms with Crippen molar-refractivity contribution in [2.75, 3.05) is 38.6 Å². The number of likely N-dealkylation sites (tertiary alicyclic amines) is 1. The Balaban J connectivity index is 1.58. The lowest BCUT2D eigenvalue weighted by molar-refractivity contribution is -0.139. The van der Waals surface area contributed by atoms with Crippen molar-refractivity contribution in [2.45, 2.75) is 57.9 Å². The first-order valence-corrected chi connectivity index (χ1v) is 11.1. The van der Waals surface area contributed by atoms with Gasteiger partial charge in [0.15, 0.2) is 0 Å². The normalized spacial score (nSPS) is 21.6. The highest BCUT2D eigenvalue weighted by molar-refractivity contribution is 5.94. The van der Waals surface area contributed by atoms with Crippen LogP contribution in [-0.2, 0) is 9.59 Å². The maximum atomic E-state index is 13.1. The Labute approximate surface area is 174 Å². The summed E-state index contributed by atoms with van der Waals surface area (Å²) in [5.74, 6) is 1.37. The number of fused-ring (bicyclic) bond motifs is 1. The highest BCUT2D eigenvalue weighted by atomic mass is 16.5. The van der Waals surface area contributed by atoms with Crippen molar-refractivity contribution in [1.29, 1.82) is 0 Å². The first-order valence-electron chi connectivity index (χ1n) is 11.1. The van der Waals surface area contributed by atoms with Gasteiger partial charge in [0.1, 0.15) is 5.75 Å². The number of carbonyl (C=O) groups is 2. The number of carbonyl (C=O) groups excluding carboxylic acids is 2. The standard InChI is InChI=1S/C23H35N3O3/c1-3-14-25(16-22(27)24-19-11-5-7-13-21(19)29-2)17-23(28)26-15-8-10-18-9-4-6-12-20(18)26/h5,7,11,13,18,20H,3-4,6,8-10,12,14-17H2,1-2H3,(H,24,27). The molecule has 1 N–H and O–H groups in total. The van der Waals surface area contributed by atoms with Crippen LogP contribution in [0.5, 0.6) is 5.75 Å². The van der Waals surface area contributed by atoms with Gasteiger partial charge in [0.25, 0.3) is 0 Å². The molecule has 1 aromatic carbocycles. The highest BCUT2D eigenvalue weighted by Crippen LogP contribution is 2.35. The van der Waals surface area contributed by atoms with Gasteiger partial charge < -0.3 is 15.0 Å². The lowest BCUT2D eigenvalue weighted by Gasteiger charge is -2.44. The molecule has 0 radical (unpaired) electrons. The minimum atomic E-state index is -0.120. The van der Waals surface area contributed by atoms with Gasteiger partial charge >= 0.3 is 0 Å². The van der Waals surface area contributed by atoms with Crippen molar-refractivity contribution in [3.05, 3.63) is 24.3 Å². The number of ether oxygens (including phenoxy) is 1. The van der Waals surface area contributed by atoms with Gasteiger partial charge in [-0.15, -0.1) is 0 Å². The van der Waals surface area contributed by atoms with E-state index in [1.165, 1.54) is 25.7 Å². The summed E-state index contributed by atoms with van der Waals surface area (Å²) in [4.78, 5) is 29.8. The van der Waals surface area contributed by atoms with E-state index in [0.29, 0.717) is 29.9 Å². The smallest absolute Gasteiger partial charge is 0.238 e. The predicted molar refractivity (Wildman–Crippen MR) is 115 cm³/mol. The van der Waals surface area contributed by atoms with Crippen LogP contribution in [0.3, 0.4) is 0 Å². The Bertz CT molecular complexity index is 692. The van der Waals surface area contributed by atoms with E-state index >= 15 is 0 Å². The Morgan fingerprint density at radius 2 is 1.90 bits per heavy atom. The van der Waals surface area contributed by atoms with Crippen LogP contribution in [0.15, 0.2) is 24.3 Å². The van der Waals surface area contributed by atoms with Gasteiger partial charge in [-0.05, 0) is 56.7 Å². The Hall–Kier alpha value is -2.08. The number of benzene rings is 1. The maximum absolute atomic E-state index is 13.1. The largest absolute Gasteiger partial charge is 0.495 e. The van der Waals surface area contributed by atoms with Crippen molar-refractivity contribution < 1.29 is 14.3 Å². The fourth-order valence-electron chi connectivity index (χ4n) is 4.89. The summed E-state index contributed by atoms with van der Waals surface area (Å²) in [6, 6.07) is 7.79. The molecule has 0 aromatic heterocycles. The van der Waals surface area contributed by atoms with E-state index in [1.54, 1.807) is 7.11 Å². The molecule has 1 aliphatic heterocycles. The fraction of sp³-hybridized carbons (Fsp3) is 0.652. The number of nitrogens with one attached hydrogen (secondary N) is 1. The van der Waals surface area contributed by atoms with E-state index < -0.39 is 0 Å². The summed E-state index contributed by atoms with van der Waals surface area (Å²) in [7, 11) is 1.59. The number of amides is 2. The first-order chi connectivity index (χ1) is 14.1. The monoisotopic (exact) mass is 401 g/mol. The summed E-state index contributed by atoms with van der Waals surface area (Å²) in [6.07, 6.45) is 8.19. The van der Waals surface area contributed by atoms with E-state index in [0.717, 1.165) is 32.4 Å². The van der Waals surface area contributed by atoms with Crippen LogP contribution in [0, 0.1) is 5.92 Å². The molecule has 2 amide bonds. The van der Waals surface area contributed by atoms with Gasteiger partial charge in [-0.3, -0.25) is 14.5 Å². The van der Waals surface area contributed by atoms with Gasteiger partial charge in [-0.25, -0.2) is 0 Å². The molecule has 1 saturated heterocycles. The second kappa shape index (κ2) is 10.6. The van der Waals surface area contributed by atoms with Crippen molar-refractivity contribution in [3.8, 4) is 5.75 Å². The summed E-state index contributed by atoms with van der Waals surface area (Å²) in [6.45, 7) is 4.20. The summed E-state index contributed by atoms with van der Waals surface area (Å²) >= 11 is 0. The van der Waals surface area contributed by atoms with E-state index in [4.69, 9.17) is 4.74 Å². The van der Waals surface area contributed by atoms with Crippen LogP contribution in [-0.4, -0.2) is 60.9 Å². The minimum absolute atomic E-state index is 0.120. The fourth-order valence-corrected chi connectivity index (χ4v) is 4.89. The molecule has 6 nitrogen and oxygen atoms in total. The molecule has 1 heterocycles. The van der Waals surface area contributed by atoms with Gasteiger partial charge in [-0.2, -0.15) is 0 Å². The summed E-state index contributed by atoms with van der Waals surface area (Å²) in [5.41, 5.74) is 0.656. The molecular formula is C23H35N3O3. The second-order valence-electron chi connectivity index (χ2n) is 8.30. The zero-order chi connectivity index (χ0) is 20.6. The first kappa shape index (κ1) is 21.6. The number of nitrogens with zero attached hydrogens (tertiary/aromatic N) is 2. The van der Waals surface area contributed by atoms with Gasteiger partial charge in [0.05, 0.1) is 25.9 Å². The molecule has 160 valence electrons. The van der Waals surface area contributed by atoms with Crippen molar-refractivity contribution in [2.24, 2.45) is 5.92 Å². The topological polar surface area (TPSA) is 61.9 Å². The van der Waals surface area contributed by atoms with E-state index in [2.05, 4.69) is 17.1 Å². The number of rotatable bonds is 8. The number of methoxy groups -OCH3 is 1. The Kier molecular flexibility index (Phi) is 7.92. The van der Waals surface area contributed by atoms with Crippen LogP contribution in [0.4, 0.5) is 5.69 Å². The molecule has 2 aliphatic rings. The van der Waals surface area contributed by atoms with E-state index in [1.807, 2.05) is 29.2 Å². The number of piperidine rings is 1. The van der Waals surface area contributed by atoms with Crippen LogP contribution in [0.2, 0.25) is 0 Å². The molecule has 29 heavy (non-hydrogen) atoms. The third-order valence-corrected chi connectivity index (χ3v) is 6.21. The van der Waals surface area contributed by atoms with Gasteiger partial charge in [0, 0.05) is 12.6 Å². The average Bonchev–Trinajstić information content (AvgIpc) is 2.73. The van der Waals surface area contributed by atoms with Crippen LogP contribution >= 0.6 is 0 Å². The van der Waals surface area contributed by atoms with Crippen molar-refractivity contribution in [1.82, 2.24) is 9.80 Å². The SMILES string of the molecule is CCCN(CC(=O)Nc1ccccc1OC)CC(=O)N1CCCC2CCCCC21. The molecule has 0 spiro atoms. The molecule has 2 atom stereocenters. The lowest BCUT2D eigenvalue weighted by atomic mass is 9.78. The van der Waals surface area contributed by atoms with Crippen molar-refractivity contribution >= 4 is 17.5 Å². The second-order valence-corrected chi connectivity index (χ2v) is 8.30. The van der Waals surface area contributed by atoms with Crippen LogP contribution < -0.4 is 10.1 Å². The summed E-state index contributed by atoms with van der Waals surface area (Å²) in [5, 5.41) is 2.92. The van der Waals surface area contributed by atoms with E-state index in [9.17, 15) is 9.59 Å². The molecule has 0 bridgehead atoms. The molecule has 2 fully saturated rings. The molecular weight excluding hydrogens is 366 g/mol.